The summed E-state index contributed by atoms with van der Waals surface area (Å²) in [7, 11) is 0. The van der Waals surface area contributed by atoms with E-state index in [4.69, 9.17) is 4.98 Å². The number of carbonyl (C=O) groups is 1. The average Bonchev–Trinajstić information content (AvgIpc) is 3.21. The van der Waals surface area contributed by atoms with E-state index in [1.807, 2.05) is 54.7 Å². The zero-order chi connectivity index (χ0) is 18.4. The molecule has 0 bridgehead atoms. The monoisotopic (exact) mass is 351 g/mol. The van der Waals surface area contributed by atoms with Gasteiger partial charge in [-0.05, 0) is 31.2 Å². The van der Waals surface area contributed by atoms with Crippen LogP contribution in [0.25, 0.3) is 28.6 Å². The molecule has 1 amide bonds. The Morgan fingerprint density at radius 1 is 0.963 bits per heavy atom. The quantitative estimate of drug-likeness (QED) is 0.527. The fraction of sp³-hybridized carbons (Fsp3) is 0.0435. The molecule has 0 saturated carbocycles. The van der Waals surface area contributed by atoms with E-state index in [2.05, 4.69) is 40.9 Å². The maximum Gasteiger partial charge on any atom is 0.256 e. The molecule has 1 aliphatic rings. The van der Waals surface area contributed by atoms with Gasteiger partial charge in [-0.3, -0.25) is 9.20 Å². The van der Waals surface area contributed by atoms with Crippen molar-refractivity contribution in [2.75, 3.05) is 5.32 Å². The standard InChI is InChI=1S/C23H17N3O/c1-15-9-11-16(12-10-15)22-24-20(21-8-4-5-13-26(21)22)14-18-17-6-2-3-7-19(17)25-23(18)27/h2-14H,1H3,(H,25,27)/b18-14+. The van der Waals surface area contributed by atoms with Crippen molar-refractivity contribution in [2.45, 2.75) is 6.92 Å². The van der Waals surface area contributed by atoms with Crippen molar-refractivity contribution in [2.24, 2.45) is 0 Å². The molecule has 2 aromatic carbocycles. The van der Waals surface area contributed by atoms with Crippen LogP contribution in [0.3, 0.4) is 0 Å². The Morgan fingerprint density at radius 2 is 1.74 bits per heavy atom. The molecule has 4 aromatic rings. The number of anilines is 1. The van der Waals surface area contributed by atoms with Crippen LogP contribution < -0.4 is 5.32 Å². The number of nitrogens with one attached hydrogen (secondary N) is 1. The summed E-state index contributed by atoms with van der Waals surface area (Å²) in [5, 5.41) is 2.92. The van der Waals surface area contributed by atoms with Gasteiger partial charge in [0.05, 0.1) is 16.8 Å². The summed E-state index contributed by atoms with van der Waals surface area (Å²) in [4.78, 5) is 17.3. The number of para-hydroxylation sites is 1. The van der Waals surface area contributed by atoms with Gasteiger partial charge >= 0.3 is 0 Å². The molecule has 1 aliphatic heterocycles. The van der Waals surface area contributed by atoms with Crippen LogP contribution in [0.5, 0.6) is 0 Å². The van der Waals surface area contributed by atoms with Crippen molar-refractivity contribution in [3.63, 3.8) is 0 Å². The van der Waals surface area contributed by atoms with E-state index < -0.39 is 0 Å². The first-order chi connectivity index (χ1) is 13.2. The lowest BCUT2D eigenvalue weighted by Crippen LogP contribution is -2.03. The van der Waals surface area contributed by atoms with Crippen molar-refractivity contribution < 1.29 is 4.79 Å². The third kappa shape index (κ3) is 2.54. The molecule has 27 heavy (non-hydrogen) atoms. The van der Waals surface area contributed by atoms with E-state index in [0.29, 0.717) is 5.57 Å². The zero-order valence-corrected chi connectivity index (χ0v) is 14.8. The Hall–Kier alpha value is -3.66. The largest absolute Gasteiger partial charge is 0.321 e. The molecule has 0 atom stereocenters. The van der Waals surface area contributed by atoms with Crippen LogP contribution >= 0.6 is 0 Å². The first-order valence-electron chi connectivity index (χ1n) is 8.87. The third-order valence-corrected chi connectivity index (χ3v) is 4.88. The van der Waals surface area contributed by atoms with Crippen LogP contribution in [0.15, 0.2) is 72.9 Å². The van der Waals surface area contributed by atoms with Crippen LogP contribution in [0, 0.1) is 6.92 Å². The van der Waals surface area contributed by atoms with Gasteiger partial charge in [0.25, 0.3) is 5.91 Å². The second-order valence-corrected chi connectivity index (χ2v) is 6.70. The fourth-order valence-electron chi connectivity index (χ4n) is 3.49. The van der Waals surface area contributed by atoms with Gasteiger partial charge in [-0.15, -0.1) is 0 Å². The summed E-state index contributed by atoms with van der Waals surface area (Å²) in [5.41, 5.74) is 6.41. The molecule has 5 rings (SSSR count). The topological polar surface area (TPSA) is 46.4 Å². The molecular formula is C23H17N3O. The summed E-state index contributed by atoms with van der Waals surface area (Å²) in [6, 6.07) is 22.0. The summed E-state index contributed by atoms with van der Waals surface area (Å²) in [6.07, 6.45) is 3.89. The number of benzene rings is 2. The summed E-state index contributed by atoms with van der Waals surface area (Å²) in [5.74, 6) is 0.773. The molecule has 0 radical (unpaired) electrons. The van der Waals surface area contributed by atoms with Crippen LogP contribution in [0.2, 0.25) is 0 Å². The van der Waals surface area contributed by atoms with Gasteiger partial charge in [-0.1, -0.05) is 54.1 Å². The van der Waals surface area contributed by atoms with Gasteiger partial charge in [0, 0.05) is 23.0 Å². The number of imidazole rings is 1. The number of rotatable bonds is 2. The molecule has 130 valence electrons. The second kappa shape index (κ2) is 5.95. The molecule has 0 fully saturated rings. The number of carbonyl (C=O) groups excluding carboxylic acids is 1. The Bertz CT molecular complexity index is 1220. The lowest BCUT2D eigenvalue weighted by atomic mass is 10.1. The minimum atomic E-state index is -0.0924. The third-order valence-electron chi connectivity index (χ3n) is 4.88. The number of amides is 1. The van der Waals surface area contributed by atoms with E-state index in [9.17, 15) is 4.79 Å². The summed E-state index contributed by atoms with van der Waals surface area (Å²) < 4.78 is 2.07. The highest BCUT2D eigenvalue weighted by molar-refractivity contribution is 6.35. The van der Waals surface area contributed by atoms with Crippen molar-refractivity contribution in [3.8, 4) is 11.4 Å². The molecule has 0 unspecified atom stereocenters. The van der Waals surface area contributed by atoms with Crippen molar-refractivity contribution >= 4 is 28.8 Å². The second-order valence-electron chi connectivity index (χ2n) is 6.70. The number of aromatic nitrogens is 2. The summed E-state index contributed by atoms with van der Waals surface area (Å²) in [6.45, 7) is 2.07. The predicted molar refractivity (Wildman–Crippen MR) is 108 cm³/mol. The first kappa shape index (κ1) is 15.6. The Balaban J connectivity index is 1.71. The van der Waals surface area contributed by atoms with E-state index in [1.165, 1.54) is 5.56 Å². The highest BCUT2D eigenvalue weighted by Gasteiger charge is 2.24. The van der Waals surface area contributed by atoms with Gasteiger partial charge in [0.2, 0.25) is 0 Å². The van der Waals surface area contributed by atoms with Gasteiger partial charge < -0.3 is 5.32 Å². The number of fused-ring (bicyclic) bond motifs is 2. The maximum atomic E-state index is 12.5. The molecule has 2 aromatic heterocycles. The van der Waals surface area contributed by atoms with Crippen molar-refractivity contribution in [3.05, 3.63) is 89.7 Å². The van der Waals surface area contributed by atoms with Crippen LogP contribution in [-0.4, -0.2) is 15.3 Å². The SMILES string of the molecule is Cc1ccc(-c2nc(/C=C3/C(=O)Nc4ccccc43)c3ccccn23)cc1. The molecular weight excluding hydrogens is 334 g/mol. The van der Waals surface area contributed by atoms with E-state index in [1.54, 1.807) is 0 Å². The molecule has 3 heterocycles. The molecule has 0 aliphatic carbocycles. The lowest BCUT2D eigenvalue weighted by molar-refractivity contribution is -0.110. The lowest BCUT2D eigenvalue weighted by Gasteiger charge is -2.01. The number of hydrogen-bond acceptors (Lipinski definition) is 2. The Morgan fingerprint density at radius 3 is 2.59 bits per heavy atom. The molecule has 0 spiro atoms. The molecule has 4 heteroatoms. The van der Waals surface area contributed by atoms with Crippen LogP contribution in [-0.2, 0) is 4.79 Å². The van der Waals surface area contributed by atoms with Crippen molar-refractivity contribution in [1.29, 1.82) is 0 Å². The fourth-order valence-corrected chi connectivity index (χ4v) is 3.49. The van der Waals surface area contributed by atoms with E-state index in [0.717, 1.165) is 33.8 Å². The highest BCUT2D eigenvalue weighted by Crippen LogP contribution is 2.34. The minimum absolute atomic E-state index is 0.0924. The summed E-state index contributed by atoms with van der Waals surface area (Å²) >= 11 is 0. The van der Waals surface area contributed by atoms with Crippen LogP contribution in [0.1, 0.15) is 16.8 Å². The maximum absolute atomic E-state index is 12.5. The Labute approximate surface area is 156 Å². The number of aryl methyl sites for hydroxylation is 1. The highest BCUT2D eigenvalue weighted by atomic mass is 16.2. The molecule has 4 nitrogen and oxygen atoms in total. The first-order valence-corrected chi connectivity index (χ1v) is 8.87. The Kier molecular flexibility index (Phi) is 3.44. The molecule has 0 saturated heterocycles. The smallest absolute Gasteiger partial charge is 0.256 e. The van der Waals surface area contributed by atoms with Gasteiger partial charge in [-0.2, -0.15) is 0 Å². The van der Waals surface area contributed by atoms with Gasteiger partial charge in [0.15, 0.2) is 0 Å². The predicted octanol–water partition coefficient (Wildman–Crippen LogP) is 4.80. The number of pyridine rings is 1. The number of hydrogen-bond donors (Lipinski definition) is 1. The normalized spacial score (nSPS) is 14.6. The minimum Gasteiger partial charge on any atom is -0.321 e. The molecule has 1 N–H and O–H groups in total. The van der Waals surface area contributed by atoms with Crippen LogP contribution in [0.4, 0.5) is 5.69 Å². The van der Waals surface area contributed by atoms with Gasteiger partial charge in [0.1, 0.15) is 5.82 Å². The van der Waals surface area contributed by atoms with Gasteiger partial charge in [-0.25, -0.2) is 4.98 Å². The zero-order valence-electron chi connectivity index (χ0n) is 14.8. The van der Waals surface area contributed by atoms with Crippen molar-refractivity contribution in [1.82, 2.24) is 9.38 Å². The van der Waals surface area contributed by atoms with E-state index in [-0.39, 0.29) is 5.91 Å². The number of nitrogens with zero attached hydrogens (tertiary/aromatic N) is 2. The average molecular weight is 351 g/mol. The van der Waals surface area contributed by atoms with E-state index >= 15 is 0 Å².